The van der Waals surface area contributed by atoms with Crippen LogP contribution in [0.3, 0.4) is 0 Å². The summed E-state index contributed by atoms with van der Waals surface area (Å²) in [5, 5.41) is 3.28. The topological polar surface area (TPSA) is 41.6 Å². The van der Waals surface area contributed by atoms with Crippen molar-refractivity contribution in [3.63, 3.8) is 0 Å². The Bertz CT molecular complexity index is 460. The van der Waals surface area contributed by atoms with E-state index in [-0.39, 0.29) is 5.97 Å². The molecule has 0 radical (unpaired) electrons. The van der Waals surface area contributed by atoms with Gasteiger partial charge in [-0.1, -0.05) is 24.3 Å². The van der Waals surface area contributed by atoms with Crippen molar-refractivity contribution in [2.45, 2.75) is 25.8 Å². The summed E-state index contributed by atoms with van der Waals surface area (Å²) in [7, 11) is 3.46. The first-order valence-corrected chi connectivity index (χ1v) is 7.73. The minimum absolute atomic E-state index is 0.172. The first-order valence-electron chi connectivity index (χ1n) is 7.73. The normalized spacial score (nSPS) is 19.4. The molecule has 0 aliphatic carbocycles. The molecule has 2 rings (SSSR count). The molecule has 1 heterocycles. The smallest absolute Gasteiger partial charge is 0.309 e. The van der Waals surface area contributed by atoms with Gasteiger partial charge in [0.05, 0.1) is 13.5 Å². The number of carbonyl (C=O) groups excluding carboxylic acids is 1. The van der Waals surface area contributed by atoms with Crippen LogP contribution >= 0.6 is 0 Å². The molecular weight excluding hydrogens is 264 g/mol. The van der Waals surface area contributed by atoms with E-state index in [1.807, 2.05) is 25.2 Å². The molecule has 1 saturated heterocycles. The molecule has 116 valence electrons. The zero-order valence-electron chi connectivity index (χ0n) is 13.1. The Labute approximate surface area is 127 Å². The Balaban J connectivity index is 2.00. The summed E-state index contributed by atoms with van der Waals surface area (Å²) in [5.41, 5.74) is 2.33. The zero-order chi connectivity index (χ0) is 15.1. The van der Waals surface area contributed by atoms with Crippen LogP contribution in [0.25, 0.3) is 0 Å². The largest absolute Gasteiger partial charge is 0.469 e. The average molecular weight is 290 g/mol. The second kappa shape index (κ2) is 8.15. The van der Waals surface area contributed by atoms with Crippen molar-refractivity contribution in [3.8, 4) is 0 Å². The van der Waals surface area contributed by atoms with Crippen LogP contribution in [0.2, 0.25) is 0 Å². The number of methoxy groups -OCH3 is 1. The van der Waals surface area contributed by atoms with Gasteiger partial charge in [0.2, 0.25) is 0 Å². The summed E-state index contributed by atoms with van der Waals surface area (Å²) in [6.45, 7) is 4.29. The third-order valence-electron chi connectivity index (χ3n) is 4.17. The number of piperidine rings is 1. The number of ether oxygens (including phenoxy) is 1. The molecule has 1 aliphatic heterocycles. The number of likely N-dealkylation sites (tertiary alicyclic amines) is 1. The SMILES string of the molecule is CNCC1CCCN(Cc2ccccc2CC(=O)OC)C1. The predicted molar refractivity (Wildman–Crippen MR) is 84.1 cm³/mol. The molecule has 1 aliphatic rings. The quantitative estimate of drug-likeness (QED) is 0.812. The molecule has 0 amide bonds. The monoisotopic (exact) mass is 290 g/mol. The fourth-order valence-corrected chi connectivity index (χ4v) is 3.10. The van der Waals surface area contributed by atoms with Gasteiger partial charge in [0.25, 0.3) is 0 Å². The lowest BCUT2D eigenvalue weighted by molar-refractivity contribution is -0.139. The fourth-order valence-electron chi connectivity index (χ4n) is 3.10. The van der Waals surface area contributed by atoms with Gasteiger partial charge in [0, 0.05) is 13.1 Å². The number of carbonyl (C=O) groups is 1. The molecule has 4 heteroatoms. The van der Waals surface area contributed by atoms with Crippen molar-refractivity contribution in [1.29, 1.82) is 0 Å². The van der Waals surface area contributed by atoms with E-state index in [0.717, 1.165) is 37.7 Å². The number of nitrogens with one attached hydrogen (secondary N) is 1. The second-order valence-electron chi connectivity index (χ2n) is 5.82. The third kappa shape index (κ3) is 4.83. The number of rotatable bonds is 6. The molecule has 0 bridgehead atoms. The summed E-state index contributed by atoms with van der Waals surface area (Å²) in [6.07, 6.45) is 2.92. The van der Waals surface area contributed by atoms with Crippen LogP contribution in [-0.4, -0.2) is 44.7 Å². The van der Waals surface area contributed by atoms with E-state index in [9.17, 15) is 4.79 Å². The van der Waals surface area contributed by atoms with Crippen molar-refractivity contribution in [2.75, 3.05) is 33.8 Å². The summed E-state index contributed by atoms with van der Waals surface area (Å²) < 4.78 is 4.79. The predicted octanol–water partition coefficient (Wildman–Crippen LogP) is 1.83. The molecule has 1 unspecified atom stereocenters. The maximum Gasteiger partial charge on any atom is 0.309 e. The highest BCUT2D eigenvalue weighted by atomic mass is 16.5. The minimum Gasteiger partial charge on any atom is -0.469 e. The van der Waals surface area contributed by atoms with Crippen molar-refractivity contribution in [3.05, 3.63) is 35.4 Å². The molecule has 21 heavy (non-hydrogen) atoms. The number of esters is 1. The van der Waals surface area contributed by atoms with Gasteiger partial charge < -0.3 is 10.1 Å². The van der Waals surface area contributed by atoms with Crippen LogP contribution in [-0.2, 0) is 22.5 Å². The maximum absolute atomic E-state index is 11.5. The third-order valence-corrected chi connectivity index (χ3v) is 4.17. The standard InChI is InChI=1S/C17H26N2O2/c1-18-11-14-6-5-9-19(12-14)13-16-8-4-3-7-15(16)10-17(20)21-2/h3-4,7-8,14,18H,5-6,9-13H2,1-2H3. The molecule has 1 fully saturated rings. The second-order valence-corrected chi connectivity index (χ2v) is 5.82. The first-order chi connectivity index (χ1) is 10.2. The highest BCUT2D eigenvalue weighted by Gasteiger charge is 2.20. The van der Waals surface area contributed by atoms with Crippen LogP contribution < -0.4 is 5.32 Å². The molecule has 1 aromatic carbocycles. The van der Waals surface area contributed by atoms with Crippen LogP contribution in [0.5, 0.6) is 0 Å². The minimum atomic E-state index is -0.172. The number of benzene rings is 1. The Morgan fingerprint density at radius 3 is 2.86 bits per heavy atom. The molecule has 1 aromatic rings. The Hall–Kier alpha value is -1.39. The summed E-state index contributed by atoms with van der Waals surface area (Å²) >= 11 is 0. The van der Waals surface area contributed by atoms with E-state index in [2.05, 4.69) is 16.3 Å². The highest BCUT2D eigenvalue weighted by molar-refractivity contribution is 5.72. The zero-order valence-corrected chi connectivity index (χ0v) is 13.1. The van der Waals surface area contributed by atoms with E-state index < -0.39 is 0 Å². The van der Waals surface area contributed by atoms with Gasteiger partial charge in [-0.25, -0.2) is 0 Å². The van der Waals surface area contributed by atoms with Crippen molar-refractivity contribution < 1.29 is 9.53 Å². The maximum atomic E-state index is 11.5. The first kappa shape index (κ1) is 16.0. The summed E-state index contributed by atoms with van der Waals surface area (Å²) in [4.78, 5) is 14.0. The van der Waals surface area contributed by atoms with Gasteiger partial charge in [-0.2, -0.15) is 0 Å². The van der Waals surface area contributed by atoms with E-state index in [0.29, 0.717) is 6.42 Å². The van der Waals surface area contributed by atoms with E-state index in [1.165, 1.54) is 25.5 Å². The highest BCUT2D eigenvalue weighted by Crippen LogP contribution is 2.20. The summed E-state index contributed by atoms with van der Waals surface area (Å²) in [5.74, 6) is 0.561. The lowest BCUT2D eigenvalue weighted by atomic mass is 9.96. The van der Waals surface area contributed by atoms with Gasteiger partial charge in [0.15, 0.2) is 0 Å². The molecule has 1 atom stereocenters. The van der Waals surface area contributed by atoms with Gasteiger partial charge in [0.1, 0.15) is 0 Å². The Morgan fingerprint density at radius 2 is 2.14 bits per heavy atom. The van der Waals surface area contributed by atoms with E-state index in [1.54, 1.807) is 0 Å². The van der Waals surface area contributed by atoms with Gasteiger partial charge >= 0.3 is 5.97 Å². The molecule has 4 nitrogen and oxygen atoms in total. The molecule has 0 saturated carbocycles. The van der Waals surface area contributed by atoms with Crippen LogP contribution in [0.4, 0.5) is 0 Å². The molecule has 0 spiro atoms. The van der Waals surface area contributed by atoms with Crippen molar-refractivity contribution in [1.82, 2.24) is 10.2 Å². The average Bonchev–Trinajstić information content (AvgIpc) is 2.50. The number of hydrogen-bond donors (Lipinski definition) is 1. The van der Waals surface area contributed by atoms with Gasteiger partial charge in [-0.15, -0.1) is 0 Å². The van der Waals surface area contributed by atoms with Crippen LogP contribution in [0, 0.1) is 5.92 Å². The fraction of sp³-hybridized carbons (Fsp3) is 0.588. The van der Waals surface area contributed by atoms with E-state index >= 15 is 0 Å². The molecular formula is C17H26N2O2. The van der Waals surface area contributed by atoms with Crippen molar-refractivity contribution in [2.24, 2.45) is 5.92 Å². The molecule has 1 N–H and O–H groups in total. The summed E-state index contributed by atoms with van der Waals surface area (Å²) in [6, 6.07) is 8.19. The van der Waals surface area contributed by atoms with Gasteiger partial charge in [-0.05, 0) is 50.0 Å². The Kier molecular flexibility index (Phi) is 6.21. The number of hydrogen-bond acceptors (Lipinski definition) is 4. The van der Waals surface area contributed by atoms with E-state index in [4.69, 9.17) is 4.74 Å². The number of nitrogens with zero attached hydrogens (tertiary/aromatic N) is 1. The van der Waals surface area contributed by atoms with Crippen molar-refractivity contribution >= 4 is 5.97 Å². The lowest BCUT2D eigenvalue weighted by Crippen LogP contribution is -2.38. The van der Waals surface area contributed by atoms with Crippen LogP contribution in [0.15, 0.2) is 24.3 Å². The Morgan fingerprint density at radius 1 is 1.38 bits per heavy atom. The van der Waals surface area contributed by atoms with Gasteiger partial charge in [-0.3, -0.25) is 9.69 Å². The van der Waals surface area contributed by atoms with Crippen LogP contribution in [0.1, 0.15) is 24.0 Å². The lowest BCUT2D eigenvalue weighted by Gasteiger charge is -2.33. The molecule has 0 aromatic heterocycles.